The molecule has 32 heavy (non-hydrogen) atoms. The number of anilines is 3. The van der Waals surface area contributed by atoms with Crippen molar-refractivity contribution >= 4 is 62.2 Å². The second-order valence-electron chi connectivity index (χ2n) is 10.7. The smallest absolute Gasteiger partial charge is 0.257 e. The SMILES string of the molecule is BC(B)(B)C(B)(B)C1(Nc2c(Nc3cccc(C(=O)N(C)C)c3O)c(=O)c2=O)CCCC1. The Bertz CT molecular complexity index is 1110. The number of carbonyl (C=O) groups is 1. The van der Waals surface area contributed by atoms with Crippen molar-refractivity contribution in [1.82, 2.24) is 4.90 Å². The number of benzene rings is 1. The minimum atomic E-state index is -0.627. The van der Waals surface area contributed by atoms with Crippen molar-refractivity contribution in [1.29, 1.82) is 0 Å². The molecule has 2 aromatic rings. The molecule has 0 heterocycles. The van der Waals surface area contributed by atoms with E-state index < -0.39 is 10.9 Å². The normalized spacial score (nSPS) is 16.1. The first-order valence-electron chi connectivity index (χ1n) is 11.2. The second-order valence-corrected chi connectivity index (χ2v) is 10.7. The van der Waals surface area contributed by atoms with Crippen LogP contribution < -0.4 is 21.5 Å². The molecule has 0 atom stereocenters. The van der Waals surface area contributed by atoms with Crippen molar-refractivity contribution in [2.45, 2.75) is 41.5 Å². The van der Waals surface area contributed by atoms with Crippen LogP contribution in [0.3, 0.4) is 0 Å². The first-order chi connectivity index (χ1) is 14.7. The molecule has 0 aromatic heterocycles. The van der Waals surface area contributed by atoms with Crippen LogP contribution in [-0.4, -0.2) is 74.8 Å². The van der Waals surface area contributed by atoms with Crippen molar-refractivity contribution in [2.75, 3.05) is 24.7 Å². The summed E-state index contributed by atoms with van der Waals surface area (Å²) in [6.07, 6.45) is 3.93. The van der Waals surface area contributed by atoms with Gasteiger partial charge in [0.2, 0.25) is 0 Å². The van der Waals surface area contributed by atoms with Crippen LogP contribution in [0.15, 0.2) is 27.8 Å². The van der Waals surface area contributed by atoms with E-state index in [9.17, 15) is 19.5 Å². The van der Waals surface area contributed by atoms with E-state index in [2.05, 4.69) is 49.9 Å². The monoisotopic (exact) mass is 431 g/mol. The van der Waals surface area contributed by atoms with Gasteiger partial charge in [0.15, 0.2) is 5.75 Å². The van der Waals surface area contributed by atoms with E-state index in [4.69, 9.17) is 0 Å². The molecular weight excluding hydrogens is 400 g/mol. The maximum atomic E-state index is 12.6. The Hall–Kier alpha value is -2.51. The Labute approximate surface area is 193 Å². The van der Waals surface area contributed by atoms with E-state index in [0.29, 0.717) is 0 Å². The Balaban J connectivity index is 1.99. The summed E-state index contributed by atoms with van der Waals surface area (Å²) in [5, 5.41) is 16.9. The molecule has 0 aliphatic heterocycles. The highest BCUT2D eigenvalue weighted by atomic mass is 16.3. The van der Waals surface area contributed by atoms with Crippen molar-refractivity contribution < 1.29 is 9.90 Å². The van der Waals surface area contributed by atoms with Crippen molar-refractivity contribution in [3.05, 3.63) is 44.2 Å². The first-order valence-corrected chi connectivity index (χ1v) is 11.2. The molecule has 1 aliphatic rings. The number of hydrogen-bond donors (Lipinski definition) is 3. The zero-order valence-corrected chi connectivity index (χ0v) is 20.2. The molecule has 3 rings (SSSR count). The van der Waals surface area contributed by atoms with Gasteiger partial charge in [0.05, 0.1) is 34.8 Å². The average molecular weight is 431 g/mol. The summed E-state index contributed by atoms with van der Waals surface area (Å²) in [5.74, 6) is -0.609. The number of nitrogens with zero attached hydrogens (tertiary/aromatic N) is 1. The van der Waals surface area contributed by atoms with Gasteiger partial charge in [-0.15, -0.1) is 5.11 Å². The fourth-order valence-electron chi connectivity index (χ4n) is 4.66. The lowest BCUT2D eigenvalue weighted by molar-refractivity contribution is 0.0824. The summed E-state index contributed by atoms with van der Waals surface area (Å²) < 4.78 is 0. The molecule has 0 radical (unpaired) electrons. The zero-order valence-electron chi connectivity index (χ0n) is 20.2. The standard InChI is InChI=1S/C20H30B5N3O4/c1-28(2)17(32)10-6-5-7-11(14(10)29)26-12-13(16(31)15(12)30)27-18(8-3-4-9-18)19(21,22)20(23,24)25/h5-7,26-27,29H,3-4,8-9,21-25H2,1-2H3. The average Bonchev–Trinajstić information content (AvgIpc) is 3.20. The number of carbonyl (C=O) groups excluding carboxylic acids is 1. The Morgan fingerprint density at radius 1 is 1.03 bits per heavy atom. The minimum absolute atomic E-state index is 0.0333. The molecule has 12 heteroatoms. The molecule has 1 saturated carbocycles. The highest BCUT2D eigenvalue weighted by molar-refractivity contribution is 6.67. The Morgan fingerprint density at radius 3 is 2.12 bits per heavy atom. The fourth-order valence-corrected chi connectivity index (χ4v) is 4.66. The lowest BCUT2D eigenvalue weighted by Gasteiger charge is -2.54. The highest BCUT2D eigenvalue weighted by Crippen LogP contribution is 2.56. The molecular formula is C20H30B5N3O4. The van der Waals surface area contributed by atoms with Crippen LogP contribution in [0.1, 0.15) is 36.0 Å². The number of phenolic OH excluding ortho intramolecular Hbond substituents is 1. The third-order valence-electron chi connectivity index (χ3n) is 7.74. The van der Waals surface area contributed by atoms with Gasteiger partial charge in [0.1, 0.15) is 27.1 Å². The number of nitrogens with one attached hydrogen (secondary N) is 2. The number of aromatic hydroxyl groups is 1. The minimum Gasteiger partial charge on any atom is -0.505 e. The summed E-state index contributed by atoms with van der Waals surface area (Å²) in [4.78, 5) is 38.8. The lowest BCUT2D eigenvalue weighted by Crippen LogP contribution is -2.56. The molecule has 164 valence electrons. The predicted molar refractivity (Wildman–Crippen MR) is 144 cm³/mol. The maximum absolute atomic E-state index is 12.6. The van der Waals surface area contributed by atoms with Crippen LogP contribution in [0.5, 0.6) is 5.75 Å². The third kappa shape index (κ3) is 3.78. The molecule has 1 aliphatic carbocycles. The molecule has 0 spiro atoms. The summed E-state index contributed by atoms with van der Waals surface area (Å²) in [7, 11) is 14.2. The summed E-state index contributed by atoms with van der Waals surface area (Å²) in [6.45, 7) is 0. The van der Waals surface area contributed by atoms with Gasteiger partial charge >= 0.3 is 0 Å². The van der Waals surface area contributed by atoms with E-state index in [1.807, 2.05) is 0 Å². The van der Waals surface area contributed by atoms with E-state index >= 15 is 0 Å². The van der Waals surface area contributed by atoms with E-state index in [1.165, 1.54) is 11.0 Å². The lowest BCUT2D eigenvalue weighted by atomic mass is 9.19. The van der Waals surface area contributed by atoms with Gasteiger partial charge in [-0.1, -0.05) is 24.1 Å². The molecule has 1 amide bonds. The quantitative estimate of drug-likeness (QED) is 0.256. The highest BCUT2D eigenvalue weighted by Gasteiger charge is 2.52. The molecule has 7 nitrogen and oxygen atoms in total. The van der Waals surface area contributed by atoms with Gasteiger partial charge in [-0.05, 0) is 25.0 Å². The number of phenols is 1. The van der Waals surface area contributed by atoms with Crippen LogP contribution in [0.4, 0.5) is 17.1 Å². The van der Waals surface area contributed by atoms with Gasteiger partial charge in [0.25, 0.3) is 16.8 Å². The van der Waals surface area contributed by atoms with Crippen molar-refractivity contribution in [3.8, 4) is 5.75 Å². The van der Waals surface area contributed by atoms with Crippen LogP contribution in [0, 0.1) is 0 Å². The molecule has 1 fully saturated rings. The van der Waals surface area contributed by atoms with Crippen LogP contribution in [0.25, 0.3) is 0 Å². The van der Waals surface area contributed by atoms with Crippen molar-refractivity contribution in [2.24, 2.45) is 0 Å². The summed E-state index contributed by atoms with van der Waals surface area (Å²) >= 11 is 0. The second kappa shape index (κ2) is 8.12. The van der Waals surface area contributed by atoms with Gasteiger partial charge < -0.3 is 20.6 Å². The van der Waals surface area contributed by atoms with Gasteiger partial charge in [-0.3, -0.25) is 14.4 Å². The van der Waals surface area contributed by atoms with Crippen molar-refractivity contribution in [3.63, 3.8) is 0 Å². The van der Waals surface area contributed by atoms with Crippen LogP contribution in [0.2, 0.25) is 10.3 Å². The summed E-state index contributed by atoms with van der Waals surface area (Å²) in [5.41, 5.74) is -0.776. The molecule has 0 unspecified atom stereocenters. The number of para-hydroxylation sites is 1. The third-order valence-corrected chi connectivity index (χ3v) is 7.74. The van der Waals surface area contributed by atoms with Crippen LogP contribution >= 0.6 is 0 Å². The van der Waals surface area contributed by atoms with Gasteiger partial charge in [0, 0.05) is 19.6 Å². The number of amides is 1. The van der Waals surface area contributed by atoms with Gasteiger partial charge in [-0.25, -0.2) is 0 Å². The molecule has 2 aromatic carbocycles. The topological polar surface area (TPSA) is 98.7 Å². The first kappa shape index (κ1) is 24.1. The molecule has 3 N–H and O–H groups in total. The predicted octanol–water partition coefficient (Wildman–Crippen LogP) is -2.49. The zero-order chi connectivity index (χ0) is 24.1. The number of rotatable bonds is 7. The summed E-state index contributed by atoms with van der Waals surface area (Å²) in [6, 6.07) is 4.72. The fraction of sp³-hybridized carbons (Fsp3) is 0.450. The molecule has 0 bridgehead atoms. The van der Waals surface area contributed by atoms with Crippen LogP contribution in [-0.2, 0) is 0 Å². The van der Waals surface area contributed by atoms with E-state index in [1.54, 1.807) is 26.2 Å². The van der Waals surface area contributed by atoms with E-state index in [-0.39, 0.29) is 50.1 Å². The largest absolute Gasteiger partial charge is 0.505 e. The molecule has 0 saturated heterocycles. The van der Waals surface area contributed by atoms with E-state index in [0.717, 1.165) is 25.7 Å². The Morgan fingerprint density at radius 2 is 1.59 bits per heavy atom. The Kier molecular flexibility index (Phi) is 6.13. The maximum Gasteiger partial charge on any atom is 0.257 e. The van der Waals surface area contributed by atoms with Gasteiger partial charge in [-0.2, -0.15) is 0 Å². The number of hydrogen-bond acceptors (Lipinski definition) is 6.